The van der Waals surface area contributed by atoms with Crippen molar-refractivity contribution in [2.45, 2.75) is 31.8 Å². The van der Waals surface area contributed by atoms with Crippen molar-refractivity contribution in [1.29, 1.82) is 0 Å². The van der Waals surface area contributed by atoms with Gasteiger partial charge in [-0.05, 0) is 73.1 Å². The van der Waals surface area contributed by atoms with Crippen LogP contribution in [0, 0.1) is 5.41 Å². The average molecular weight is 464 g/mol. The second-order valence-electron chi connectivity index (χ2n) is 8.92. The lowest BCUT2D eigenvalue weighted by Gasteiger charge is -2.38. The zero-order valence-electron chi connectivity index (χ0n) is 18.3. The highest BCUT2D eigenvalue weighted by Crippen LogP contribution is 2.43. The summed E-state index contributed by atoms with van der Waals surface area (Å²) >= 11 is 6.13. The number of aromatic nitrogens is 2. The standard InChI is InChI=1S/C26H26ClN3O3/c27-21-6-1-4-19(14-21)15-23-17-26(18-32-23)8-12-30(13-9-26)24(31)20-5-2-7-22(16-20)33-25-28-10-3-11-29-25/h1-7,10-11,14,16,23H,8-9,12-13,15,17-18H2/t23-/m1/s1. The molecule has 0 bridgehead atoms. The zero-order chi connectivity index (χ0) is 22.7. The van der Waals surface area contributed by atoms with Gasteiger partial charge in [-0.2, -0.15) is 0 Å². The molecule has 3 heterocycles. The molecule has 0 radical (unpaired) electrons. The molecule has 1 amide bonds. The number of amides is 1. The van der Waals surface area contributed by atoms with E-state index in [1.165, 1.54) is 5.56 Å². The van der Waals surface area contributed by atoms with E-state index < -0.39 is 0 Å². The van der Waals surface area contributed by atoms with Crippen molar-refractivity contribution in [2.75, 3.05) is 19.7 Å². The Bertz CT molecular complexity index is 1120. The molecule has 7 heteroatoms. The molecular weight excluding hydrogens is 438 g/mol. The molecule has 0 aliphatic carbocycles. The summed E-state index contributed by atoms with van der Waals surface area (Å²) in [4.78, 5) is 23.2. The number of hydrogen-bond donors (Lipinski definition) is 0. The van der Waals surface area contributed by atoms with E-state index in [0.29, 0.717) is 11.3 Å². The van der Waals surface area contributed by atoms with Gasteiger partial charge < -0.3 is 14.4 Å². The van der Waals surface area contributed by atoms with Crippen LogP contribution in [0.15, 0.2) is 67.0 Å². The fourth-order valence-corrected chi connectivity index (χ4v) is 5.02. The monoisotopic (exact) mass is 463 g/mol. The predicted octanol–water partition coefficient (Wildman–Crippen LogP) is 5.18. The van der Waals surface area contributed by atoms with Gasteiger partial charge in [0.15, 0.2) is 0 Å². The maximum Gasteiger partial charge on any atom is 0.321 e. The van der Waals surface area contributed by atoms with E-state index in [0.717, 1.165) is 50.4 Å². The van der Waals surface area contributed by atoms with Crippen LogP contribution >= 0.6 is 11.6 Å². The Kier molecular flexibility index (Phi) is 6.29. The summed E-state index contributed by atoms with van der Waals surface area (Å²) < 4.78 is 11.9. The summed E-state index contributed by atoms with van der Waals surface area (Å²) in [7, 11) is 0. The van der Waals surface area contributed by atoms with E-state index in [1.54, 1.807) is 30.6 Å². The fraction of sp³-hybridized carbons (Fsp3) is 0.346. The topological polar surface area (TPSA) is 64.5 Å². The first-order valence-corrected chi connectivity index (χ1v) is 11.7. The number of piperidine rings is 1. The maximum atomic E-state index is 13.1. The molecule has 0 unspecified atom stereocenters. The lowest BCUT2D eigenvalue weighted by atomic mass is 9.76. The van der Waals surface area contributed by atoms with Crippen LogP contribution in [0.25, 0.3) is 0 Å². The molecule has 0 saturated carbocycles. The van der Waals surface area contributed by atoms with Crippen LogP contribution in [0.5, 0.6) is 11.8 Å². The van der Waals surface area contributed by atoms with Gasteiger partial charge >= 0.3 is 6.01 Å². The molecule has 1 aromatic heterocycles. The summed E-state index contributed by atoms with van der Waals surface area (Å²) in [6.07, 6.45) is 7.27. The van der Waals surface area contributed by atoms with E-state index in [9.17, 15) is 4.79 Å². The Morgan fingerprint density at radius 2 is 1.88 bits per heavy atom. The van der Waals surface area contributed by atoms with Crippen molar-refractivity contribution in [3.63, 3.8) is 0 Å². The maximum absolute atomic E-state index is 13.1. The van der Waals surface area contributed by atoms with Crippen molar-refractivity contribution < 1.29 is 14.3 Å². The van der Waals surface area contributed by atoms with Crippen molar-refractivity contribution >= 4 is 17.5 Å². The lowest BCUT2D eigenvalue weighted by molar-refractivity contribution is 0.0496. The lowest BCUT2D eigenvalue weighted by Crippen LogP contribution is -2.43. The van der Waals surface area contributed by atoms with Crippen molar-refractivity contribution in [3.8, 4) is 11.8 Å². The number of nitrogens with zero attached hydrogens (tertiary/aromatic N) is 3. The van der Waals surface area contributed by atoms with Gasteiger partial charge in [-0.3, -0.25) is 4.79 Å². The molecule has 2 saturated heterocycles. The molecule has 0 N–H and O–H groups in total. The molecule has 170 valence electrons. The number of ether oxygens (including phenoxy) is 2. The highest BCUT2D eigenvalue weighted by atomic mass is 35.5. The minimum absolute atomic E-state index is 0.0265. The third-order valence-corrected chi connectivity index (χ3v) is 6.82. The number of carbonyl (C=O) groups excluding carboxylic acids is 1. The molecule has 6 nitrogen and oxygen atoms in total. The average Bonchev–Trinajstić information content (AvgIpc) is 3.21. The Labute approximate surface area is 198 Å². The quantitative estimate of drug-likeness (QED) is 0.522. The number of hydrogen-bond acceptors (Lipinski definition) is 5. The molecule has 2 aliphatic heterocycles. The van der Waals surface area contributed by atoms with Gasteiger partial charge in [0.2, 0.25) is 0 Å². The van der Waals surface area contributed by atoms with Crippen LogP contribution in [0.1, 0.15) is 35.2 Å². The van der Waals surface area contributed by atoms with Crippen LogP contribution in [0.3, 0.4) is 0 Å². The summed E-state index contributed by atoms with van der Waals surface area (Å²) in [6.45, 7) is 2.23. The second kappa shape index (κ2) is 9.49. The second-order valence-corrected chi connectivity index (χ2v) is 9.36. The normalized spacial score (nSPS) is 19.5. The number of benzene rings is 2. The van der Waals surface area contributed by atoms with E-state index >= 15 is 0 Å². The van der Waals surface area contributed by atoms with E-state index in [1.807, 2.05) is 35.2 Å². The molecular formula is C26H26ClN3O3. The van der Waals surface area contributed by atoms with Gasteiger partial charge in [0, 0.05) is 36.1 Å². The molecule has 2 aromatic carbocycles. The fourth-order valence-electron chi connectivity index (χ4n) is 4.80. The first-order valence-electron chi connectivity index (χ1n) is 11.3. The molecule has 1 atom stereocenters. The van der Waals surface area contributed by atoms with E-state index in [2.05, 4.69) is 16.0 Å². The molecule has 3 aromatic rings. The Balaban J connectivity index is 1.17. The first-order chi connectivity index (χ1) is 16.1. The van der Waals surface area contributed by atoms with Gasteiger partial charge in [0.05, 0.1) is 12.7 Å². The van der Waals surface area contributed by atoms with E-state index in [-0.39, 0.29) is 23.4 Å². The van der Waals surface area contributed by atoms with Crippen LogP contribution < -0.4 is 4.74 Å². The largest absolute Gasteiger partial charge is 0.424 e. The van der Waals surface area contributed by atoms with Crippen LogP contribution in [0.2, 0.25) is 5.02 Å². The summed E-state index contributed by atoms with van der Waals surface area (Å²) in [5.41, 5.74) is 1.98. The summed E-state index contributed by atoms with van der Waals surface area (Å²) in [5.74, 6) is 0.576. The molecule has 5 rings (SSSR count). The SMILES string of the molecule is O=C(c1cccc(Oc2ncccn2)c1)N1CCC2(CC1)CO[C@H](Cc1cccc(Cl)c1)C2. The molecule has 2 fully saturated rings. The van der Waals surface area contributed by atoms with Crippen molar-refractivity contribution in [1.82, 2.24) is 14.9 Å². The van der Waals surface area contributed by atoms with Gasteiger partial charge in [-0.25, -0.2) is 9.97 Å². The Morgan fingerprint density at radius 3 is 2.67 bits per heavy atom. The number of carbonyl (C=O) groups is 1. The highest BCUT2D eigenvalue weighted by Gasteiger charge is 2.43. The van der Waals surface area contributed by atoms with Crippen LogP contribution in [-0.2, 0) is 11.2 Å². The third-order valence-electron chi connectivity index (χ3n) is 6.58. The summed E-state index contributed by atoms with van der Waals surface area (Å²) in [6, 6.07) is 17.2. The van der Waals surface area contributed by atoms with Gasteiger partial charge in [-0.1, -0.05) is 29.8 Å². The van der Waals surface area contributed by atoms with Gasteiger partial charge in [-0.15, -0.1) is 0 Å². The predicted molar refractivity (Wildman–Crippen MR) is 126 cm³/mol. The highest BCUT2D eigenvalue weighted by molar-refractivity contribution is 6.30. The minimum atomic E-state index is 0.0265. The zero-order valence-corrected chi connectivity index (χ0v) is 19.1. The van der Waals surface area contributed by atoms with Gasteiger partial charge in [0.1, 0.15) is 5.75 Å². The number of likely N-dealkylation sites (tertiary alicyclic amines) is 1. The number of rotatable bonds is 5. The molecule has 1 spiro atoms. The van der Waals surface area contributed by atoms with Crippen molar-refractivity contribution in [3.05, 3.63) is 83.1 Å². The third kappa shape index (κ3) is 5.18. The minimum Gasteiger partial charge on any atom is -0.424 e. The Hall–Kier alpha value is -2.96. The van der Waals surface area contributed by atoms with Crippen LogP contribution in [0.4, 0.5) is 0 Å². The molecule has 33 heavy (non-hydrogen) atoms. The van der Waals surface area contributed by atoms with E-state index in [4.69, 9.17) is 21.1 Å². The first kappa shape index (κ1) is 21.9. The molecule has 2 aliphatic rings. The number of halogens is 1. The summed E-state index contributed by atoms with van der Waals surface area (Å²) in [5, 5.41) is 0.762. The van der Waals surface area contributed by atoms with Crippen molar-refractivity contribution in [2.24, 2.45) is 5.41 Å². The Morgan fingerprint density at radius 1 is 1.09 bits per heavy atom. The van der Waals surface area contributed by atoms with Gasteiger partial charge in [0.25, 0.3) is 5.91 Å². The van der Waals surface area contributed by atoms with Crippen LogP contribution in [-0.4, -0.2) is 46.6 Å². The smallest absolute Gasteiger partial charge is 0.321 e.